The van der Waals surface area contributed by atoms with Crippen LogP contribution in [0.4, 0.5) is 5.69 Å². The number of anilines is 1. The average molecular weight is 718 g/mol. The molecule has 0 amide bonds. The summed E-state index contributed by atoms with van der Waals surface area (Å²) in [6.07, 6.45) is 10.9. The van der Waals surface area contributed by atoms with E-state index in [1.807, 2.05) is 91.4 Å². The Balaban J connectivity index is 1.27. The van der Waals surface area contributed by atoms with Crippen molar-refractivity contribution >= 4 is 71.1 Å². The van der Waals surface area contributed by atoms with E-state index in [2.05, 4.69) is 83.3 Å². The molecule has 9 heteroatoms. The van der Waals surface area contributed by atoms with E-state index < -0.39 is 0 Å². The molecule has 11 aromatic rings. The normalized spacial score (nSPS) is 11.6. The van der Waals surface area contributed by atoms with E-state index in [-0.39, 0.29) is 0 Å². The number of nitrogen functional groups attached to an aromatic ring is 1. The van der Waals surface area contributed by atoms with Crippen LogP contribution in [0.25, 0.3) is 93.6 Å². The smallest absolute Gasteiger partial charge is 0.0999 e. The molecule has 0 aliphatic heterocycles. The van der Waals surface area contributed by atoms with Crippen LogP contribution in [0, 0.1) is 22.7 Å². The number of hydrogen-bond acceptors (Lipinski definition) is 6. The Labute approximate surface area is 319 Å². The summed E-state index contributed by atoms with van der Waals surface area (Å²) in [5.74, 6) is 0. The summed E-state index contributed by atoms with van der Waals surface area (Å²) in [4.78, 5) is 13.5. The van der Waals surface area contributed by atoms with Gasteiger partial charge in [0, 0.05) is 79.1 Å². The molecule has 0 saturated heterocycles. The van der Waals surface area contributed by atoms with Gasteiger partial charge in [-0.05, 0) is 60.7 Å². The largest absolute Gasteiger partial charge is 0.398 e. The molecule has 6 heterocycles. The molecule has 5 aromatic carbocycles. The van der Waals surface area contributed by atoms with Crippen molar-refractivity contribution in [1.82, 2.24) is 28.7 Å². The molecule has 0 saturated carbocycles. The average Bonchev–Trinajstić information content (AvgIpc) is 3.89. The van der Waals surface area contributed by atoms with E-state index in [1.165, 1.54) is 0 Å². The first-order chi connectivity index (χ1) is 27.6. The standard InChI is InChI=1S/C47H27N9/c48-23-28-19-30(54-39-10-4-1-7-32(39)35-13-16-51-25-43(35)54)21-38(50)46(28)47-29(24-49)20-31(55-40-11-5-2-8-33(40)36-14-17-52-26-44(36)55)22-42(47)56-41-12-6-3-9-34(41)37-15-18-53-27-45(37)56/h1-22,25-27H,50H2. The summed E-state index contributed by atoms with van der Waals surface area (Å²) in [5.41, 5.74) is 16.9. The van der Waals surface area contributed by atoms with E-state index in [9.17, 15) is 10.5 Å². The topological polar surface area (TPSA) is 127 Å². The molecule has 6 aromatic heterocycles. The first kappa shape index (κ1) is 31.3. The summed E-state index contributed by atoms with van der Waals surface area (Å²) in [6.45, 7) is 0. The van der Waals surface area contributed by atoms with Gasteiger partial charge in [0.25, 0.3) is 0 Å². The number of pyridine rings is 3. The lowest BCUT2D eigenvalue weighted by atomic mass is 9.91. The van der Waals surface area contributed by atoms with Crippen LogP contribution in [0.2, 0.25) is 0 Å². The Morgan fingerprint density at radius 2 is 0.821 bits per heavy atom. The Morgan fingerprint density at radius 3 is 1.30 bits per heavy atom. The molecule has 0 unspecified atom stereocenters. The third-order valence-corrected chi connectivity index (χ3v) is 10.9. The van der Waals surface area contributed by atoms with Crippen molar-refractivity contribution in [2.75, 3.05) is 5.73 Å². The van der Waals surface area contributed by atoms with Gasteiger partial charge < -0.3 is 19.4 Å². The molecule has 0 bridgehead atoms. The molecule has 0 radical (unpaired) electrons. The zero-order valence-corrected chi connectivity index (χ0v) is 29.6. The fourth-order valence-electron chi connectivity index (χ4n) is 8.68. The highest BCUT2D eigenvalue weighted by molar-refractivity contribution is 6.12. The maximum atomic E-state index is 11.1. The van der Waals surface area contributed by atoms with Crippen molar-refractivity contribution in [3.8, 4) is 40.3 Å². The van der Waals surface area contributed by atoms with Gasteiger partial charge in [-0.2, -0.15) is 10.5 Å². The van der Waals surface area contributed by atoms with E-state index in [4.69, 9.17) is 5.73 Å². The van der Waals surface area contributed by atoms with E-state index in [0.717, 1.165) is 76.8 Å². The Morgan fingerprint density at radius 1 is 0.429 bits per heavy atom. The molecule has 2 N–H and O–H groups in total. The van der Waals surface area contributed by atoms with Crippen LogP contribution in [-0.4, -0.2) is 28.7 Å². The fraction of sp³-hybridized carbons (Fsp3) is 0. The number of fused-ring (bicyclic) bond motifs is 9. The second-order valence-corrected chi connectivity index (χ2v) is 13.8. The lowest BCUT2D eigenvalue weighted by Crippen LogP contribution is -2.07. The maximum Gasteiger partial charge on any atom is 0.0999 e. The molecule has 0 fully saturated rings. The minimum Gasteiger partial charge on any atom is -0.398 e. The van der Waals surface area contributed by atoms with E-state index >= 15 is 0 Å². The Bertz CT molecular complexity index is 3370. The van der Waals surface area contributed by atoms with Crippen molar-refractivity contribution in [2.24, 2.45) is 0 Å². The highest BCUT2D eigenvalue weighted by Gasteiger charge is 2.26. The zero-order chi connectivity index (χ0) is 37.5. The third kappa shape index (κ3) is 4.31. The lowest BCUT2D eigenvalue weighted by Gasteiger charge is -2.21. The number of nitrogens with zero attached hydrogens (tertiary/aromatic N) is 8. The Hall–Kier alpha value is -8.27. The molecule has 11 rings (SSSR count). The summed E-state index contributed by atoms with van der Waals surface area (Å²) in [7, 11) is 0. The second kappa shape index (κ2) is 11.9. The van der Waals surface area contributed by atoms with Crippen LogP contribution in [0.15, 0.2) is 152 Å². The van der Waals surface area contributed by atoms with E-state index in [0.29, 0.717) is 33.6 Å². The maximum absolute atomic E-state index is 11.1. The van der Waals surface area contributed by atoms with Gasteiger partial charge in [0.1, 0.15) is 0 Å². The van der Waals surface area contributed by atoms with Crippen molar-refractivity contribution in [2.45, 2.75) is 0 Å². The van der Waals surface area contributed by atoms with Gasteiger partial charge in [-0.15, -0.1) is 0 Å². The van der Waals surface area contributed by atoms with Crippen molar-refractivity contribution in [3.05, 3.63) is 164 Å². The van der Waals surface area contributed by atoms with Crippen LogP contribution >= 0.6 is 0 Å². The first-order valence-electron chi connectivity index (χ1n) is 18.1. The minimum absolute atomic E-state index is 0.334. The molecule has 260 valence electrons. The van der Waals surface area contributed by atoms with Gasteiger partial charge in [-0.1, -0.05) is 54.6 Å². The van der Waals surface area contributed by atoms with Gasteiger partial charge in [-0.25, -0.2) is 0 Å². The molecule has 0 atom stereocenters. The van der Waals surface area contributed by atoms with Crippen molar-refractivity contribution in [1.29, 1.82) is 10.5 Å². The molecule has 56 heavy (non-hydrogen) atoms. The van der Waals surface area contributed by atoms with Crippen LogP contribution in [-0.2, 0) is 0 Å². The van der Waals surface area contributed by atoms with Crippen molar-refractivity contribution in [3.63, 3.8) is 0 Å². The SMILES string of the molecule is N#Cc1cc(-n2c3ccccc3c3ccncc32)cc(N)c1-c1c(C#N)cc(-n2c3ccccc3c3ccncc32)cc1-n1c2ccccc2c2ccncc21. The monoisotopic (exact) mass is 717 g/mol. The molecular weight excluding hydrogens is 691 g/mol. The van der Waals surface area contributed by atoms with Gasteiger partial charge >= 0.3 is 0 Å². The fourth-order valence-corrected chi connectivity index (χ4v) is 8.68. The number of nitriles is 2. The van der Waals surface area contributed by atoms with Crippen LogP contribution in [0.1, 0.15) is 11.1 Å². The number of para-hydroxylation sites is 3. The quantitative estimate of drug-likeness (QED) is 0.181. The molecule has 0 spiro atoms. The molecule has 0 aliphatic carbocycles. The molecular formula is C47H27N9. The van der Waals surface area contributed by atoms with Gasteiger partial charge in [0.15, 0.2) is 0 Å². The van der Waals surface area contributed by atoms with Crippen molar-refractivity contribution < 1.29 is 0 Å². The van der Waals surface area contributed by atoms with E-state index in [1.54, 1.807) is 18.6 Å². The highest BCUT2D eigenvalue weighted by atomic mass is 15.0. The minimum atomic E-state index is 0.334. The number of rotatable bonds is 4. The predicted octanol–water partition coefficient (Wildman–Crippen LogP) is 10.2. The number of nitrogens with two attached hydrogens (primary N) is 1. The number of aromatic nitrogens is 6. The lowest BCUT2D eigenvalue weighted by molar-refractivity contribution is 1.12. The van der Waals surface area contributed by atoms with Crippen LogP contribution in [0.5, 0.6) is 0 Å². The summed E-state index contributed by atoms with van der Waals surface area (Å²) < 4.78 is 6.37. The van der Waals surface area contributed by atoms with Crippen LogP contribution < -0.4 is 5.73 Å². The van der Waals surface area contributed by atoms with Gasteiger partial charge in [-0.3, -0.25) is 15.0 Å². The van der Waals surface area contributed by atoms with Crippen LogP contribution in [0.3, 0.4) is 0 Å². The molecule has 9 nitrogen and oxygen atoms in total. The zero-order valence-electron chi connectivity index (χ0n) is 29.6. The summed E-state index contributed by atoms with van der Waals surface area (Å²) >= 11 is 0. The summed E-state index contributed by atoms with van der Waals surface area (Å²) in [5, 5.41) is 28.4. The summed E-state index contributed by atoms with van der Waals surface area (Å²) in [6, 6.07) is 43.3. The third-order valence-electron chi connectivity index (χ3n) is 10.9. The highest BCUT2D eigenvalue weighted by Crippen LogP contribution is 2.44. The first-order valence-corrected chi connectivity index (χ1v) is 18.1. The second-order valence-electron chi connectivity index (χ2n) is 13.8. The van der Waals surface area contributed by atoms with Gasteiger partial charge in [0.05, 0.1) is 80.6 Å². The Kier molecular flexibility index (Phi) is 6.63. The molecule has 0 aliphatic rings. The van der Waals surface area contributed by atoms with Gasteiger partial charge in [0.2, 0.25) is 0 Å². The predicted molar refractivity (Wildman–Crippen MR) is 222 cm³/mol. The number of benzene rings is 5. The number of hydrogen-bond donors (Lipinski definition) is 1.